The molecule has 5 heteroatoms. The first kappa shape index (κ1) is 20.3. The molecule has 0 bridgehead atoms. The number of halogens is 1. The van der Waals surface area contributed by atoms with Gasteiger partial charge in [0.2, 0.25) is 11.8 Å². The summed E-state index contributed by atoms with van der Waals surface area (Å²) in [5.41, 5.74) is 3.34. The normalized spacial score (nSPS) is 11.6. The molecule has 3 aromatic rings. The maximum absolute atomic E-state index is 13.4. The van der Waals surface area contributed by atoms with Crippen molar-refractivity contribution in [2.45, 2.75) is 19.4 Å². The molecule has 0 aromatic heterocycles. The van der Waals surface area contributed by atoms with Crippen LogP contribution in [0, 0.1) is 5.82 Å². The Morgan fingerprint density at radius 2 is 1.48 bits per heavy atom. The Balaban J connectivity index is 1.81. The van der Waals surface area contributed by atoms with Gasteiger partial charge in [0.15, 0.2) is 0 Å². The number of nitrogens with zero attached hydrogens (tertiary/aromatic N) is 1. The molecule has 0 radical (unpaired) electrons. The quantitative estimate of drug-likeness (QED) is 0.670. The number of rotatable bonds is 6. The van der Waals surface area contributed by atoms with Gasteiger partial charge in [-0.25, -0.2) is 4.39 Å². The van der Waals surface area contributed by atoms with Crippen molar-refractivity contribution < 1.29 is 14.0 Å². The third-order valence-electron chi connectivity index (χ3n) is 4.71. The van der Waals surface area contributed by atoms with E-state index in [-0.39, 0.29) is 30.1 Å². The van der Waals surface area contributed by atoms with Crippen LogP contribution >= 0.6 is 0 Å². The maximum atomic E-state index is 13.4. The molecule has 4 nitrogen and oxygen atoms in total. The zero-order valence-electron chi connectivity index (χ0n) is 16.4. The van der Waals surface area contributed by atoms with Crippen LogP contribution in [0.2, 0.25) is 0 Å². The van der Waals surface area contributed by atoms with Crippen LogP contribution in [0.25, 0.3) is 0 Å². The molecule has 2 amide bonds. The number of hydrogen-bond acceptors (Lipinski definition) is 2. The van der Waals surface area contributed by atoms with Crippen LogP contribution in [-0.4, -0.2) is 23.8 Å². The second-order valence-corrected chi connectivity index (χ2v) is 6.92. The molecule has 0 spiro atoms. The summed E-state index contributed by atoms with van der Waals surface area (Å²) in [5, 5.41) is 2.71. The Kier molecular flexibility index (Phi) is 6.39. The number of carbonyl (C=O) groups is 2. The molecule has 1 atom stereocenters. The number of carbonyl (C=O) groups excluding carboxylic acids is 2. The molecule has 1 unspecified atom stereocenters. The van der Waals surface area contributed by atoms with E-state index in [1.807, 2.05) is 42.5 Å². The molecular weight excluding hydrogens is 367 g/mol. The predicted octanol–water partition coefficient (Wildman–Crippen LogP) is 4.57. The van der Waals surface area contributed by atoms with E-state index >= 15 is 0 Å². The summed E-state index contributed by atoms with van der Waals surface area (Å²) < 4.78 is 13.4. The van der Waals surface area contributed by atoms with Crippen molar-refractivity contribution in [3.63, 3.8) is 0 Å². The molecule has 29 heavy (non-hydrogen) atoms. The summed E-state index contributed by atoms with van der Waals surface area (Å²) >= 11 is 0. The summed E-state index contributed by atoms with van der Waals surface area (Å²) in [6, 6.07) is 22.8. The molecule has 3 aromatic carbocycles. The lowest BCUT2D eigenvalue weighted by molar-refractivity contribution is -0.130. The smallest absolute Gasteiger partial charge is 0.227 e. The van der Waals surface area contributed by atoms with Gasteiger partial charge >= 0.3 is 0 Å². The molecule has 0 aliphatic heterocycles. The topological polar surface area (TPSA) is 49.4 Å². The molecule has 0 saturated carbocycles. The van der Waals surface area contributed by atoms with Crippen LogP contribution in [0.1, 0.15) is 29.7 Å². The summed E-state index contributed by atoms with van der Waals surface area (Å²) in [5.74, 6) is -0.511. The van der Waals surface area contributed by atoms with E-state index in [2.05, 4.69) is 5.32 Å². The number of likely N-dealkylation sites (N-methyl/N-ethyl adjacent to an activating group) is 1. The van der Waals surface area contributed by atoms with Gasteiger partial charge in [0.1, 0.15) is 5.82 Å². The fourth-order valence-corrected chi connectivity index (χ4v) is 3.27. The highest BCUT2D eigenvalue weighted by molar-refractivity contribution is 5.88. The molecule has 0 saturated heterocycles. The zero-order valence-corrected chi connectivity index (χ0v) is 16.4. The van der Waals surface area contributed by atoms with E-state index in [4.69, 9.17) is 0 Å². The second-order valence-electron chi connectivity index (χ2n) is 6.92. The summed E-state index contributed by atoms with van der Waals surface area (Å²) in [7, 11) is 1.76. The summed E-state index contributed by atoms with van der Waals surface area (Å²) in [6.07, 6.45) is 0.224. The van der Waals surface area contributed by atoms with Crippen molar-refractivity contribution in [1.29, 1.82) is 0 Å². The lowest BCUT2D eigenvalue weighted by atomic mass is 9.96. The van der Waals surface area contributed by atoms with E-state index in [1.165, 1.54) is 19.1 Å². The highest BCUT2D eigenvalue weighted by Gasteiger charge is 2.23. The summed E-state index contributed by atoms with van der Waals surface area (Å²) in [6.45, 7) is 1.45. The summed E-state index contributed by atoms with van der Waals surface area (Å²) in [4.78, 5) is 25.8. The largest absolute Gasteiger partial charge is 0.334 e. The molecule has 0 aliphatic carbocycles. The first-order chi connectivity index (χ1) is 13.9. The lowest BCUT2D eigenvalue weighted by Gasteiger charge is -2.29. The molecule has 0 fully saturated rings. The van der Waals surface area contributed by atoms with Crippen molar-refractivity contribution in [2.24, 2.45) is 0 Å². The monoisotopic (exact) mass is 390 g/mol. The van der Waals surface area contributed by atoms with Gasteiger partial charge in [-0.1, -0.05) is 54.6 Å². The van der Waals surface area contributed by atoms with E-state index in [1.54, 1.807) is 36.2 Å². The number of amides is 2. The number of hydrogen-bond donors (Lipinski definition) is 1. The van der Waals surface area contributed by atoms with Crippen LogP contribution in [0.4, 0.5) is 10.1 Å². The van der Waals surface area contributed by atoms with Gasteiger partial charge in [-0.15, -0.1) is 0 Å². The van der Waals surface area contributed by atoms with E-state index in [0.717, 1.165) is 16.7 Å². The van der Waals surface area contributed by atoms with Gasteiger partial charge in [-0.3, -0.25) is 9.59 Å². The molecule has 148 valence electrons. The minimum Gasteiger partial charge on any atom is -0.334 e. The van der Waals surface area contributed by atoms with Crippen LogP contribution in [0.3, 0.4) is 0 Å². The first-order valence-corrected chi connectivity index (χ1v) is 9.36. The van der Waals surface area contributed by atoms with Crippen LogP contribution < -0.4 is 5.32 Å². The fraction of sp³-hybridized carbons (Fsp3) is 0.167. The second kappa shape index (κ2) is 9.15. The number of benzene rings is 3. The van der Waals surface area contributed by atoms with E-state index in [9.17, 15) is 14.0 Å². The number of nitrogens with one attached hydrogen (secondary N) is 1. The Morgan fingerprint density at radius 1 is 0.897 bits per heavy atom. The predicted molar refractivity (Wildman–Crippen MR) is 112 cm³/mol. The van der Waals surface area contributed by atoms with Gasteiger partial charge in [0, 0.05) is 19.7 Å². The minimum absolute atomic E-state index is 0.0598. The Morgan fingerprint density at radius 3 is 2.07 bits per heavy atom. The maximum Gasteiger partial charge on any atom is 0.227 e. The van der Waals surface area contributed by atoms with E-state index in [0.29, 0.717) is 5.69 Å². The average molecular weight is 390 g/mol. The van der Waals surface area contributed by atoms with Crippen LogP contribution in [0.15, 0.2) is 78.9 Å². The molecular formula is C24H23FN2O2. The Labute approximate surface area is 170 Å². The Bertz CT molecular complexity index is 970. The number of anilines is 1. The lowest BCUT2D eigenvalue weighted by Crippen LogP contribution is -2.33. The van der Waals surface area contributed by atoms with E-state index < -0.39 is 0 Å². The minimum atomic E-state index is -0.317. The van der Waals surface area contributed by atoms with Gasteiger partial charge in [-0.05, 0) is 41.0 Å². The average Bonchev–Trinajstić information content (AvgIpc) is 2.71. The van der Waals surface area contributed by atoms with Crippen molar-refractivity contribution in [3.8, 4) is 0 Å². The Hall–Kier alpha value is -3.47. The van der Waals surface area contributed by atoms with Crippen LogP contribution in [-0.2, 0) is 16.0 Å². The third kappa shape index (κ3) is 5.29. The van der Waals surface area contributed by atoms with Gasteiger partial charge in [0.25, 0.3) is 0 Å². The van der Waals surface area contributed by atoms with Crippen molar-refractivity contribution in [1.82, 2.24) is 4.90 Å². The molecule has 1 N–H and O–H groups in total. The van der Waals surface area contributed by atoms with Crippen molar-refractivity contribution >= 4 is 17.5 Å². The zero-order chi connectivity index (χ0) is 20.8. The standard InChI is InChI=1S/C24H23FN2O2/c1-17(28)26-22-14-8-18(9-15-22)16-23(29)27(2)24(19-6-4-3-5-7-19)20-10-12-21(25)13-11-20/h3-15,24H,16H2,1-2H3,(H,26,28). The highest BCUT2D eigenvalue weighted by atomic mass is 19.1. The van der Waals surface area contributed by atoms with Crippen molar-refractivity contribution in [3.05, 3.63) is 101 Å². The SMILES string of the molecule is CC(=O)Nc1ccc(CC(=O)N(C)C(c2ccccc2)c2ccc(F)cc2)cc1. The highest BCUT2D eigenvalue weighted by Crippen LogP contribution is 2.28. The van der Waals surface area contributed by atoms with Crippen molar-refractivity contribution in [2.75, 3.05) is 12.4 Å². The molecule has 0 aliphatic rings. The fourth-order valence-electron chi connectivity index (χ4n) is 3.27. The van der Waals surface area contributed by atoms with Gasteiger partial charge in [-0.2, -0.15) is 0 Å². The van der Waals surface area contributed by atoms with Gasteiger partial charge in [0.05, 0.1) is 12.5 Å². The van der Waals surface area contributed by atoms with Gasteiger partial charge < -0.3 is 10.2 Å². The molecule has 3 rings (SSSR count). The molecule has 0 heterocycles. The van der Waals surface area contributed by atoms with Crippen LogP contribution in [0.5, 0.6) is 0 Å². The first-order valence-electron chi connectivity index (χ1n) is 9.36. The third-order valence-corrected chi connectivity index (χ3v) is 4.71.